The van der Waals surface area contributed by atoms with E-state index >= 15 is 0 Å². The molecule has 2 nitrogen and oxygen atoms in total. The first-order valence-corrected chi connectivity index (χ1v) is 7.28. The Morgan fingerprint density at radius 2 is 1.80 bits per heavy atom. The molecular formula is C17H20ClNO. The highest BCUT2D eigenvalue weighted by atomic mass is 35.5. The van der Waals surface area contributed by atoms with E-state index in [4.69, 9.17) is 11.6 Å². The summed E-state index contributed by atoms with van der Waals surface area (Å²) in [5.41, 5.74) is 2.36. The van der Waals surface area contributed by atoms with Gasteiger partial charge in [-0.15, -0.1) is 0 Å². The molecule has 0 saturated heterocycles. The minimum absolute atomic E-state index is 0.215. The standard InChI is InChI=1S/C17H20ClNO/c1-3-17(13-7-9-16(20)10-8-13)19-12(2)14-5-4-6-15(18)11-14/h4-12,17,19-20H,3H2,1-2H3/t12-,17?/m0/s1. The lowest BCUT2D eigenvalue weighted by Gasteiger charge is -2.23. The van der Waals surface area contributed by atoms with Gasteiger partial charge in [-0.25, -0.2) is 0 Å². The van der Waals surface area contributed by atoms with Gasteiger partial charge in [0.15, 0.2) is 0 Å². The number of nitrogens with one attached hydrogen (secondary N) is 1. The summed E-state index contributed by atoms with van der Waals surface area (Å²) < 4.78 is 0. The first kappa shape index (κ1) is 14.9. The molecule has 2 aromatic rings. The zero-order valence-electron chi connectivity index (χ0n) is 11.8. The van der Waals surface area contributed by atoms with Crippen molar-refractivity contribution in [2.45, 2.75) is 32.4 Å². The quantitative estimate of drug-likeness (QED) is 0.825. The molecule has 0 heterocycles. The Bertz CT molecular complexity index is 553. The Balaban J connectivity index is 2.11. The fraction of sp³-hybridized carbons (Fsp3) is 0.294. The molecule has 0 fully saturated rings. The Labute approximate surface area is 125 Å². The Kier molecular flexibility index (Phi) is 5.05. The van der Waals surface area contributed by atoms with E-state index in [9.17, 15) is 5.11 Å². The SMILES string of the molecule is CCC(N[C@@H](C)c1cccc(Cl)c1)c1ccc(O)cc1. The van der Waals surface area contributed by atoms with Crippen LogP contribution in [0.15, 0.2) is 48.5 Å². The van der Waals surface area contributed by atoms with Crippen molar-refractivity contribution in [1.29, 1.82) is 0 Å². The molecule has 2 atom stereocenters. The maximum Gasteiger partial charge on any atom is 0.115 e. The molecule has 3 heteroatoms. The van der Waals surface area contributed by atoms with Gasteiger partial charge in [-0.1, -0.05) is 42.8 Å². The van der Waals surface area contributed by atoms with Crippen molar-refractivity contribution in [3.63, 3.8) is 0 Å². The molecule has 0 saturated carbocycles. The van der Waals surface area contributed by atoms with Crippen LogP contribution in [0.4, 0.5) is 0 Å². The summed E-state index contributed by atoms with van der Waals surface area (Å²) in [6.45, 7) is 4.28. The van der Waals surface area contributed by atoms with Crippen molar-refractivity contribution in [2.75, 3.05) is 0 Å². The van der Waals surface area contributed by atoms with Gasteiger partial charge in [0.05, 0.1) is 0 Å². The maximum atomic E-state index is 9.37. The molecule has 0 aliphatic carbocycles. The summed E-state index contributed by atoms with van der Waals surface area (Å²) in [5, 5.41) is 13.7. The van der Waals surface area contributed by atoms with E-state index < -0.39 is 0 Å². The monoisotopic (exact) mass is 289 g/mol. The van der Waals surface area contributed by atoms with E-state index in [2.05, 4.69) is 25.2 Å². The number of halogens is 1. The molecule has 0 spiro atoms. The molecule has 106 valence electrons. The summed E-state index contributed by atoms with van der Waals surface area (Å²) in [6.07, 6.45) is 0.982. The lowest BCUT2D eigenvalue weighted by Crippen LogP contribution is -2.24. The fourth-order valence-corrected chi connectivity index (χ4v) is 2.53. The van der Waals surface area contributed by atoms with Gasteiger partial charge >= 0.3 is 0 Å². The number of rotatable bonds is 5. The predicted molar refractivity (Wildman–Crippen MR) is 84.1 cm³/mol. The van der Waals surface area contributed by atoms with Gasteiger partial charge in [0.2, 0.25) is 0 Å². The van der Waals surface area contributed by atoms with Gasteiger partial charge in [-0.2, -0.15) is 0 Å². The van der Waals surface area contributed by atoms with Crippen LogP contribution in [0.3, 0.4) is 0 Å². The smallest absolute Gasteiger partial charge is 0.115 e. The van der Waals surface area contributed by atoms with Crippen LogP contribution < -0.4 is 5.32 Å². The minimum atomic E-state index is 0.215. The number of benzene rings is 2. The van der Waals surface area contributed by atoms with Crippen LogP contribution in [-0.2, 0) is 0 Å². The second-order valence-electron chi connectivity index (χ2n) is 5.00. The van der Waals surface area contributed by atoms with Crippen LogP contribution in [0.2, 0.25) is 5.02 Å². The molecule has 20 heavy (non-hydrogen) atoms. The third-order valence-electron chi connectivity index (χ3n) is 3.50. The third-order valence-corrected chi connectivity index (χ3v) is 3.74. The summed E-state index contributed by atoms with van der Waals surface area (Å²) >= 11 is 6.04. The molecular weight excluding hydrogens is 270 g/mol. The highest BCUT2D eigenvalue weighted by Crippen LogP contribution is 2.24. The van der Waals surface area contributed by atoms with Crippen molar-refractivity contribution in [3.05, 3.63) is 64.7 Å². The van der Waals surface area contributed by atoms with Crippen LogP contribution >= 0.6 is 11.6 Å². The van der Waals surface area contributed by atoms with E-state index in [-0.39, 0.29) is 12.1 Å². The number of phenols is 1. The van der Waals surface area contributed by atoms with Gasteiger partial charge in [0.1, 0.15) is 5.75 Å². The second kappa shape index (κ2) is 6.78. The molecule has 2 N–H and O–H groups in total. The molecule has 0 aromatic heterocycles. The zero-order chi connectivity index (χ0) is 14.5. The van der Waals surface area contributed by atoms with Crippen molar-refractivity contribution < 1.29 is 5.11 Å². The van der Waals surface area contributed by atoms with Gasteiger partial charge in [-0.3, -0.25) is 0 Å². The maximum absolute atomic E-state index is 9.37. The number of hydrogen-bond acceptors (Lipinski definition) is 2. The number of phenolic OH excluding ortho intramolecular Hbond substituents is 1. The van der Waals surface area contributed by atoms with E-state index in [1.54, 1.807) is 12.1 Å². The van der Waals surface area contributed by atoms with Crippen LogP contribution in [0.1, 0.15) is 43.5 Å². The fourth-order valence-electron chi connectivity index (χ4n) is 2.33. The largest absolute Gasteiger partial charge is 0.508 e. The molecule has 2 aromatic carbocycles. The Morgan fingerprint density at radius 1 is 1.10 bits per heavy atom. The molecule has 0 aliphatic rings. The van der Waals surface area contributed by atoms with Crippen LogP contribution in [0.5, 0.6) is 5.75 Å². The predicted octanol–water partition coefficient (Wildman–Crippen LogP) is 4.85. The van der Waals surface area contributed by atoms with Crippen molar-refractivity contribution in [1.82, 2.24) is 5.32 Å². The molecule has 1 unspecified atom stereocenters. The topological polar surface area (TPSA) is 32.3 Å². The first-order chi connectivity index (χ1) is 9.60. The highest BCUT2D eigenvalue weighted by molar-refractivity contribution is 6.30. The summed E-state index contributed by atoms with van der Waals surface area (Å²) in [7, 11) is 0. The van der Waals surface area contributed by atoms with Gasteiger partial charge < -0.3 is 10.4 Å². The summed E-state index contributed by atoms with van der Waals surface area (Å²) in [5.74, 6) is 0.298. The van der Waals surface area contributed by atoms with Crippen LogP contribution in [0, 0.1) is 0 Å². The number of hydrogen-bond donors (Lipinski definition) is 2. The summed E-state index contributed by atoms with van der Waals surface area (Å²) in [6, 6.07) is 15.8. The molecule has 2 rings (SSSR count). The van der Waals surface area contributed by atoms with Gasteiger partial charge in [0.25, 0.3) is 0 Å². The lowest BCUT2D eigenvalue weighted by molar-refractivity contribution is 0.453. The van der Waals surface area contributed by atoms with E-state index in [1.807, 2.05) is 30.3 Å². The zero-order valence-corrected chi connectivity index (χ0v) is 12.6. The normalized spacial score (nSPS) is 13.9. The van der Waals surface area contributed by atoms with E-state index in [0.717, 1.165) is 11.4 Å². The minimum Gasteiger partial charge on any atom is -0.508 e. The Hall–Kier alpha value is -1.51. The first-order valence-electron chi connectivity index (χ1n) is 6.90. The van der Waals surface area contributed by atoms with Crippen molar-refractivity contribution in [2.24, 2.45) is 0 Å². The average molecular weight is 290 g/mol. The van der Waals surface area contributed by atoms with E-state index in [0.29, 0.717) is 5.75 Å². The third kappa shape index (κ3) is 3.75. The Morgan fingerprint density at radius 3 is 2.40 bits per heavy atom. The van der Waals surface area contributed by atoms with Crippen LogP contribution in [-0.4, -0.2) is 5.11 Å². The van der Waals surface area contributed by atoms with Crippen molar-refractivity contribution in [3.8, 4) is 5.75 Å². The van der Waals surface area contributed by atoms with Gasteiger partial charge in [0, 0.05) is 17.1 Å². The summed E-state index contributed by atoms with van der Waals surface area (Å²) in [4.78, 5) is 0. The second-order valence-corrected chi connectivity index (χ2v) is 5.43. The molecule has 0 bridgehead atoms. The lowest BCUT2D eigenvalue weighted by atomic mass is 10.0. The highest BCUT2D eigenvalue weighted by Gasteiger charge is 2.14. The average Bonchev–Trinajstić information content (AvgIpc) is 2.45. The van der Waals surface area contributed by atoms with E-state index in [1.165, 1.54) is 11.1 Å². The van der Waals surface area contributed by atoms with Crippen molar-refractivity contribution >= 4 is 11.6 Å². The van der Waals surface area contributed by atoms with Crippen LogP contribution in [0.25, 0.3) is 0 Å². The number of aromatic hydroxyl groups is 1. The molecule has 0 radical (unpaired) electrons. The van der Waals surface area contributed by atoms with Gasteiger partial charge in [-0.05, 0) is 48.7 Å². The molecule has 0 amide bonds. The molecule has 0 aliphatic heterocycles.